The second kappa shape index (κ2) is 10.5. The van der Waals surface area contributed by atoms with Crippen molar-refractivity contribution in [1.82, 2.24) is 9.80 Å². The molecule has 2 heterocycles. The van der Waals surface area contributed by atoms with Crippen LogP contribution < -0.4 is 0 Å². The van der Waals surface area contributed by atoms with Gasteiger partial charge in [-0.15, -0.1) is 0 Å². The number of carbonyl (C=O) groups is 2. The molecule has 0 spiro atoms. The number of piperidine rings is 1. The topological polar surface area (TPSA) is 40.6 Å². The molecule has 1 aromatic rings. The Balaban J connectivity index is 1.27. The lowest BCUT2D eigenvalue weighted by Crippen LogP contribution is -2.38. The molecule has 0 aromatic heterocycles. The van der Waals surface area contributed by atoms with Crippen LogP contribution in [0, 0.1) is 5.92 Å². The number of rotatable bonds is 8. The van der Waals surface area contributed by atoms with Crippen LogP contribution in [0.1, 0.15) is 63.4 Å². The highest BCUT2D eigenvalue weighted by atomic mass is 16.2. The number of amides is 2. The highest BCUT2D eigenvalue weighted by molar-refractivity contribution is 5.76. The minimum absolute atomic E-state index is 0.314. The van der Waals surface area contributed by atoms with Crippen molar-refractivity contribution in [2.24, 2.45) is 5.92 Å². The zero-order valence-electron chi connectivity index (χ0n) is 16.6. The quantitative estimate of drug-likeness (QED) is 0.648. The van der Waals surface area contributed by atoms with Crippen molar-refractivity contribution in [3.8, 4) is 0 Å². The fourth-order valence-corrected chi connectivity index (χ4v) is 4.33. The van der Waals surface area contributed by atoms with Crippen molar-refractivity contribution >= 4 is 11.8 Å². The van der Waals surface area contributed by atoms with Gasteiger partial charge in [0.05, 0.1) is 0 Å². The number of benzene rings is 1. The fraction of sp³-hybridized carbons (Fsp3) is 0.652. The summed E-state index contributed by atoms with van der Waals surface area (Å²) in [5.74, 6) is 1.26. The summed E-state index contributed by atoms with van der Waals surface area (Å²) in [6, 6.07) is 10.5. The van der Waals surface area contributed by atoms with E-state index in [2.05, 4.69) is 24.3 Å². The maximum absolute atomic E-state index is 12.4. The molecule has 27 heavy (non-hydrogen) atoms. The Labute approximate surface area is 163 Å². The first-order valence-corrected chi connectivity index (χ1v) is 10.8. The van der Waals surface area contributed by atoms with E-state index < -0.39 is 0 Å². The Kier molecular flexibility index (Phi) is 7.73. The Bertz CT molecular complexity index is 588. The van der Waals surface area contributed by atoms with E-state index in [-0.39, 0.29) is 0 Å². The first kappa shape index (κ1) is 19.9. The fourth-order valence-electron chi connectivity index (χ4n) is 4.33. The van der Waals surface area contributed by atoms with Crippen molar-refractivity contribution in [2.75, 3.05) is 26.2 Å². The van der Waals surface area contributed by atoms with Crippen LogP contribution >= 0.6 is 0 Å². The second-order valence-electron chi connectivity index (χ2n) is 8.14. The van der Waals surface area contributed by atoms with Crippen LogP contribution in [0.2, 0.25) is 0 Å². The zero-order valence-corrected chi connectivity index (χ0v) is 16.6. The predicted octanol–water partition coefficient (Wildman–Crippen LogP) is 4.04. The van der Waals surface area contributed by atoms with Gasteiger partial charge in [-0.25, -0.2) is 0 Å². The highest BCUT2D eigenvalue weighted by Gasteiger charge is 2.24. The summed E-state index contributed by atoms with van der Waals surface area (Å²) >= 11 is 0. The molecule has 0 saturated carbocycles. The number of likely N-dealkylation sites (tertiary alicyclic amines) is 2. The average molecular weight is 371 g/mol. The van der Waals surface area contributed by atoms with Gasteiger partial charge in [0.1, 0.15) is 0 Å². The summed E-state index contributed by atoms with van der Waals surface area (Å²) in [4.78, 5) is 28.7. The molecule has 0 unspecified atom stereocenters. The first-order valence-electron chi connectivity index (χ1n) is 10.8. The molecule has 2 fully saturated rings. The number of hydrogen-bond donors (Lipinski definition) is 0. The molecule has 3 rings (SSSR count). The summed E-state index contributed by atoms with van der Waals surface area (Å²) in [5.41, 5.74) is 1.36. The lowest BCUT2D eigenvalue weighted by molar-refractivity contribution is -0.133. The Morgan fingerprint density at radius 3 is 2.15 bits per heavy atom. The molecule has 4 nitrogen and oxygen atoms in total. The normalized spacial score (nSPS) is 18.1. The zero-order chi connectivity index (χ0) is 18.9. The monoisotopic (exact) mass is 370 g/mol. The maximum Gasteiger partial charge on any atom is 0.222 e. The van der Waals surface area contributed by atoms with Gasteiger partial charge in [0.25, 0.3) is 0 Å². The molecule has 0 N–H and O–H groups in total. The van der Waals surface area contributed by atoms with E-state index in [1.807, 2.05) is 15.9 Å². The number of hydrogen-bond acceptors (Lipinski definition) is 2. The molecule has 2 amide bonds. The van der Waals surface area contributed by atoms with Gasteiger partial charge >= 0.3 is 0 Å². The van der Waals surface area contributed by atoms with Crippen LogP contribution in [-0.2, 0) is 16.0 Å². The van der Waals surface area contributed by atoms with E-state index in [4.69, 9.17) is 0 Å². The maximum atomic E-state index is 12.4. The molecule has 1 aromatic carbocycles. The third kappa shape index (κ3) is 6.37. The molecule has 4 heteroatoms. The van der Waals surface area contributed by atoms with Crippen molar-refractivity contribution in [3.05, 3.63) is 35.9 Å². The Morgan fingerprint density at radius 2 is 1.44 bits per heavy atom. The van der Waals surface area contributed by atoms with E-state index in [0.29, 0.717) is 30.6 Å². The number of aryl methyl sites for hydroxylation is 1. The van der Waals surface area contributed by atoms with Crippen LogP contribution in [0.4, 0.5) is 0 Å². The second-order valence-corrected chi connectivity index (χ2v) is 8.14. The molecule has 0 aliphatic carbocycles. The van der Waals surface area contributed by atoms with E-state index >= 15 is 0 Å². The van der Waals surface area contributed by atoms with Gasteiger partial charge in [0.15, 0.2) is 0 Å². The SMILES string of the molecule is O=C(CCC1CCN(C(=O)CCCCc2ccccc2)CC1)N1CCCC1. The van der Waals surface area contributed by atoms with Crippen LogP contribution in [0.15, 0.2) is 30.3 Å². The summed E-state index contributed by atoms with van der Waals surface area (Å²) in [6.45, 7) is 3.66. The summed E-state index contributed by atoms with van der Waals surface area (Å²) in [5, 5.41) is 0. The van der Waals surface area contributed by atoms with Gasteiger partial charge in [-0.3, -0.25) is 9.59 Å². The van der Waals surface area contributed by atoms with Crippen molar-refractivity contribution in [1.29, 1.82) is 0 Å². The van der Waals surface area contributed by atoms with E-state index in [1.54, 1.807) is 0 Å². The number of nitrogens with zero attached hydrogens (tertiary/aromatic N) is 2. The van der Waals surface area contributed by atoms with Gasteiger partial charge in [-0.1, -0.05) is 30.3 Å². The van der Waals surface area contributed by atoms with Gasteiger partial charge in [-0.05, 0) is 62.8 Å². The number of carbonyl (C=O) groups excluding carboxylic acids is 2. The van der Waals surface area contributed by atoms with Crippen molar-refractivity contribution < 1.29 is 9.59 Å². The first-order chi connectivity index (χ1) is 13.2. The molecule has 2 aliphatic heterocycles. The molecule has 2 saturated heterocycles. The Morgan fingerprint density at radius 1 is 0.815 bits per heavy atom. The molecule has 0 bridgehead atoms. The summed E-state index contributed by atoms with van der Waals surface area (Å²) in [6.07, 6.45) is 9.91. The van der Waals surface area contributed by atoms with Gasteiger partial charge in [0.2, 0.25) is 11.8 Å². The lowest BCUT2D eigenvalue weighted by Gasteiger charge is -2.32. The van der Waals surface area contributed by atoms with Crippen molar-refractivity contribution in [3.63, 3.8) is 0 Å². The minimum atomic E-state index is 0.314. The van der Waals surface area contributed by atoms with Crippen LogP contribution in [0.5, 0.6) is 0 Å². The van der Waals surface area contributed by atoms with Crippen LogP contribution in [-0.4, -0.2) is 47.8 Å². The van der Waals surface area contributed by atoms with Crippen LogP contribution in [0.25, 0.3) is 0 Å². The van der Waals surface area contributed by atoms with E-state index in [1.165, 1.54) is 5.56 Å². The average Bonchev–Trinajstić information content (AvgIpc) is 3.25. The molecule has 0 radical (unpaired) electrons. The summed E-state index contributed by atoms with van der Waals surface area (Å²) in [7, 11) is 0. The smallest absolute Gasteiger partial charge is 0.222 e. The largest absolute Gasteiger partial charge is 0.343 e. The van der Waals surface area contributed by atoms with Gasteiger partial charge in [-0.2, -0.15) is 0 Å². The van der Waals surface area contributed by atoms with E-state index in [0.717, 1.165) is 77.5 Å². The minimum Gasteiger partial charge on any atom is -0.343 e. The third-order valence-corrected chi connectivity index (χ3v) is 6.14. The van der Waals surface area contributed by atoms with Gasteiger partial charge in [0, 0.05) is 39.0 Å². The van der Waals surface area contributed by atoms with E-state index in [9.17, 15) is 9.59 Å². The molecule has 2 aliphatic rings. The summed E-state index contributed by atoms with van der Waals surface area (Å²) < 4.78 is 0. The van der Waals surface area contributed by atoms with Gasteiger partial charge < -0.3 is 9.80 Å². The lowest BCUT2D eigenvalue weighted by atomic mass is 9.91. The highest BCUT2D eigenvalue weighted by Crippen LogP contribution is 2.23. The van der Waals surface area contributed by atoms with Crippen LogP contribution in [0.3, 0.4) is 0 Å². The predicted molar refractivity (Wildman–Crippen MR) is 108 cm³/mol. The molecular weight excluding hydrogens is 336 g/mol. The third-order valence-electron chi connectivity index (χ3n) is 6.14. The van der Waals surface area contributed by atoms with Crippen molar-refractivity contribution in [2.45, 2.75) is 64.2 Å². The Hall–Kier alpha value is -1.84. The molecule has 0 atom stereocenters. The standard InChI is InChI=1S/C23H34N2O2/c26-22(11-5-4-10-20-8-2-1-3-9-20)25-18-14-21(15-19-25)12-13-23(27)24-16-6-7-17-24/h1-3,8-9,21H,4-7,10-19H2. The molecule has 148 valence electrons. The molecular formula is C23H34N2O2. The number of unbranched alkanes of at least 4 members (excludes halogenated alkanes) is 1.